The maximum Gasteiger partial charge on any atom is 0.223 e. The van der Waals surface area contributed by atoms with E-state index in [9.17, 15) is 0 Å². The number of aromatic nitrogens is 2. The lowest BCUT2D eigenvalue weighted by molar-refractivity contribution is 0.402. The van der Waals surface area contributed by atoms with Crippen LogP contribution in [0.5, 0.6) is 0 Å². The standard InChI is InChI=1S/C16H21N5/c17-14-11-15(20-16(18)19-14)21-8-6-13(7-9-21)10-12-4-2-1-3-5-12/h1-5,11,13H,6-10H2,(H4,17,18,19,20). The molecule has 5 heteroatoms. The maximum absolute atomic E-state index is 5.74. The number of hydrogen-bond donors (Lipinski definition) is 2. The molecular weight excluding hydrogens is 262 g/mol. The molecule has 1 saturated heterocycles. The van der Waals surface area contributed by atoms with E-state index in [-0.39, 0.29) is 5.95 Å². The molecule has 2 aromatic rings. The third kappa shape index (κ3) is 3.42. The van der Waals surface area contributed by atoms with Crippen LogP contribution < -0.4 is 16.4 Å². The van der Waals surface area contributed by atoms with Crippen molar-refractivity contribution in [3.05, 3.63) is 42.0 Å². The van der Waals surface area contributed by atoms with E-state index in [0.717, 1.165) is 31.2 Å². The Balaban J connectivity index is 1.60. The van der Waals surface area contributed by atoms with E-state index in [2.05, 4.69) is 45.2 Å². The Morgan fingerprint density at radius 2 is 1.76 bits per heavy atom. The Kier molecular flexibility index (Phi) is 3.90. The Bertz CT molecular complexity index is 571. The van der Waals surface area contributed by atoms with Crippen LogP contribution >= 0.6 is 0 Å². The summed E-state index contributed by atoms with van der Waals surface area (Å²) in [7, 11) is 0. The van der Waals surface area contributed by atoms with Crippen molar-refractivity contribution in [1.29, 1.82) is 0 Å². The van der Waals surface area contributed by atoms with Gasteiger partial charge in [0, 0.05) is 19.2 Å². The van der Waals surface area contributed by atoms with E-state index in [0.29, 0.717) is 5.82 Å². The second kappa shape index (κ2) is 5.99. The molecule has 0 radical (unpaired) electrons. The van der Waals surface area contributed by atoms with Crippen LogP contribution in [0.4, 0.5) is 17.6 Å². The van der Waals surface area contributed by atoms with Crippen molar-refractivity contribution in [2.75, 3.05) is 29.5 Å². The molecule has 0 bridgehead atoms. The van der Waals surface area contributed by atoms with E-state index >= 15 is 0 Å². The summed E-state index contributed by atoms with van der Waals surface area (Å²) in [6.07, 6.45) is 3.49. The highest BCUT2D eigenvalue weighted by Crippen LogP contribution is 2.25. The molecular formula is C16H21N5. The van der Waals surface area contributed by atoms with Gasteiger partial charge in [0.2, 0.25) is 5.95 Å². The molecule has 0 spiro atoms. The summed E-state index contributed by atoms with van der Waals surface area (Å²) in [5.41, 5.74) is 12.8. The minimum Gasteiger partial charge on any atom is -0.383 e. The van der Waals surface area contributed by atoms with Gasteiger partial charge in [-0.25, -0.2) is 0 Å². The Labute approximate surface area is 125 Å². The molecule has 0 amide bonds. The Morgan fingerprint density at radius 3 is 2.43 bits per heavy atom. The van der Waals surface area contributed by atoms with Crippen molar-refractivity contribution in [3.8, 4) is 0 Å². The zero-order valence-corrected chi connectivity index (χ0v) is 12.1. The van der Waals surface area contributed by atoms with Gasteiger partial charge in [-0.2, -0.15) is 9.97 Å². The highest BCUT2D eigenvalue weighted by molar-refractivity contribution is 5.50. The number of anilines is 3. The summed E-state index contributed by atoms with van der Waals surface area (Å²) in [4.78, 5) is 10.4. The topological polar surface area (TPSA) is 81.1 Å². The molecule has 1 fully saturated rings. The minimum atomic E-state index is 0.247. The molecule has 1 aliphatic rings. The molecule has 3 rings (SSSR count). The molecule has 0 saturated carbocycles. The van der Waals surface area contributed by atoms with Crippen LogP contribution in [0.15, 0.2) is 36.4 Å². The lowest BCUT2D eigenvalue weighted by Crippen LogP contribution is -2.35. The normalized spacial score (nSPS) is 16.1. The highest BCUT2D eigenvalue weighted by atomic mass is 15.2. The molecule has 2 heterocycles. The minimum absolute atomic E-state index is 0.247. The quantitative estimate of drug-likeness (QED) is 0.901. The van der Waals surface area contributed by atoms with Gasteiger partial charge in [-0.3, -0.25) is 0 Å². The van der Waals surface area contributed by atoms with Crippen LogP contribution in [0.1, 0.15) is 18.4 Å². The monoisotopic (exact) mass is 283 g/mol. The van der Waals surface area contributed by atoms with Crippen molar-refractivity contribution in [1.82, 2.24) is 9.97 Å². The fraction of sp³-hybridized carbons (Fsp3) is 0.375. The van der Waals surface area contributed by atoms with E-state index in [4.69, 9.17) is 11.5 Å². The molecule has 1 aliphatic heterocycles. The number of benzene rings is 1. The van der Waals surface area contributed by atoms with Crippen LogP contribution in [0, 0.1) is 5.92 Å². The molecule has 5 nitrogen and oxygen atoms in total. The zero-order chi connectivity index (χ0) is 14.7. The first kappa shape index (κ1) is 13.7. The third-order valence-electron chi connectivity index (χ3n) is 4.06. The van der Waals surface area contributed by atoms with Gasteiger partial charge in [0.15, 0.2) is 0 Å². The fourth-order valence-corrected chi connectivity index (χ4v) is 2.95. The van der Waals surface area contributed by atoms with Crippen LogP contribution in [-0.4, -0.2) is 23.1 Å². The van der Waals surface area contributed by atoms with Gasteiger partial charge in [0.25, 0.3) is 0 Å². The van der Waals surface area contributed by atoms with Crippen LogP contribution in [0.25, 0.3) is 0 Å². The molecule has 1 aromatic heterocycles. The van der Waals surface area contributed by atoms with Gasteiger partial charge in [-0.15, -0.1) is 0 Å². The van der Waals surface area contributed by atoms with Crippen molar-refractivity contribution < 1.29 is 0 Å². The first-order valence-corrected chi connectivity index (χ1v) is 7.39. The predicted octanol–water partition coefficient (Wildman–Crippen LogP) is 2.10. The van der Waals surface area contributed by atoms with Gasteiger partial charge in [0.05, 0.1) is 0 Å². The largest absolute Gasteiger partial charge is 0.383 e. The number of piperidine rings is 1. The molecule has 0 aliphatic carbocycles. The summed E-state index contributed by atoms with van der Waals surface area (Å²) >= 11 is 0. The number of rotatable bonds is 3. The van der Waals surface area contributed by atoms with Crippen molar-refractivity contribution in [3.63, 3.8) is 0 Å². The number of hydrogen-bond acceptors (Lipinski definition) is 5. The second-order valence-electron chi connectivity index (χ2n) is 5.63. The molecule has 0 unspecified atom stereocenters. The van der Waals surface area contributed by atoms with Crippen LogP contribution in [0.3, 0.4) is 0 Å². The highest BCUT2D eigenvalue weighted by Gasteiger charge is 2.21. The number of nitrogens with two attached hydrogens (primary N) is 2. The summed E-state index contributed by atoms with van der Waals surface area (Å²) in [5.74, 6) is 2.26. The number of nitrogens with zero attached hydrogens (tertiary/aromatic N) is 3. The fourth-order valence-electron chi connectivity index (χ4n) is 2.95. The predicted molar refractivity (Wildman–Crippen MR) is 85.9 cm³/mol. The average Bonchev–Trinajstić information content (AvgIpc) is 2.48. The van der Waals surface area contributed by atoms with E-state index in [1.165, 1.54) is 18.4 Å². The van der Waals surface area contributed by atoms with Gasteiger partial charge >= 0.3 is 0 Å². The summed E-state index contributed by atoms with van der Waals surface area (Å²) < 4.78 is 0. The zero-order valence-electron chi connectivity index (χ0n) is 12.1. The lowest BCUT2D eigenvalue weighted by atomic mass is 9.90. The Morgan fingerprint density at radius 1 is 1.05 bits per heavy atom. The first-order valence-electron chi connectivity index (χ1n) is 7.39. The maximum atomic E-state index is 5.74. The van der Waals surface area contributed by atoms with Gasteiger partial charge in [0.1, 0.15) is 11.6 Å². The van der Waals surface area contributed by atoms with Crippen molar-refractivity contribution in [2.24, 2.45) is 5.92 Å². The van der Waals surface area contributed by atoms with E-state index < -0.39 is 0 Å². The second-order valence-corrected chi connectivity index (χ2v) is 5.63. The third-order valence-corrected chi connectivity index (χ3v) is 4.06. The summed E-state index contributed by atoms with van der Waals surface area (Å²) in [6, 6.07) is 12.5. The molecule has 1 aromatic carbocycles. The number of nitrogen functional groups attached to an aromatic ring is 2. The smallest absolute Gasteiger partial charge is 0.223 e. The van der Waals surface area contributed by atoms with Crippen molar-refractivity contribution in [2.45, 2.75) is 19.3 Å². The van der Waals surface area contributed by atoms with Gasteiger partial charge < -0.3 is 16.4 Å². The first-order chi connectivity index (χ1) is 10.2. The summed E-state index contributed by atoms with van der Waals surface area (Å²) in [6.45, 7) is 1.99. The molecule has 0 atom stereocenters. The average molecular weight is 283 g/mol. The lowest BCUT2D eigenvalue weighted by Gasteiger charge is -2.33. The van der Waals surface area contributed by atoms with E-state index in [1.54, 1.807) is 6.07 Å². The van der Waals surface area contributed by atoms with Gasteiger partial charge in [-0.1, -0.05) is 30.3 Å². The van der Waals surface area contributed by atoms with Crippen LogP contribution in [0.2, 0.25) is 0 Å². The molecule has 4 N–H and O–H groups in total. The Hall–Kier alpha value is -2.30. The van der Waals surface area contributed by atoms with Gasteiger partial charge in [-0.05, 0) is 30.7 Å². The SMILES string of the molecule is Nc1cc(N2CCC(Cc3ccccc3)CC2)nc(N)n1. The summed E-state index contributed by atoms with van der Waals surface area (Å²) in [5, 5.41) is 0. The molecule has 21 heavy (non-hydrogen) atoms. The van der Waals surface area contributed by atoms with E-state index in [1.807, 2.05) is 0 Å². The molecule has 110 valence electrons. The van der Waals surface area contributed by atoms with Crippen molar-refractivity contribution >= 4 is 17.6 Å². The van der Waals surface area contributed by atoms with Crippen LogP contribution in [-0.2, 0) is 6.42 Å².